The molecule has 2 aromatic heterocycles. The summed E-state index contributed by atoms with van der Waals surface area (Å²) in [6.45, 7) is 0. The highest BCUT2D eigenvalue weighted by Crippen LogP contribution is 2.49. The van der Waals surface area contributed by atoms with Gasteiger partial charge in [-0.1, -0.05) is 22.8 Å². The molecule has 4 rings (SSSR count). The van der Waals surface area contributed by atoms with Crippen LogP contribution in [0.4, 0.5) is 4.39 Å². The number of aryl methyl sites for hydroxylation is 1. The Hall–Kier alpha value is -2.21. The zero-order valence-corrected chi connectivity index (χ0v) is 13.9. The van der Waals surface area contributed by atoms with Crippen LogP contribution >= 0.6 is 11.6 Å². The molecule has 1 fully saturated rings. The second-order valence-electron chi connectivity index (χ2n) is 6.18. The van der Waals surface area contributed by atoms with Gasteiger partial charge < -0.3 is 9.09 Å². The maximum absolute atomic E-state index is 14.2. The van der Waals surface area contributed by atoms with Crippen molar-refractivity contribution in [3.8, 4) is 0 Å². The fourth-order valence-corrected chi connectivity index (χ4v) is 3.34. The van der Waals surface area contributed by atoms with Crippen LogP contribution < -0.4 is 0 Å². The SMILES string of the molecule is Cn1cncc1Cc1noc(C2CCC2c2ccc(Cl)cc2F)n1. The summed E-state index contributed by atoms with van der Waals surface area (Å²) in [5, 5.41) is 4.46. The molecule has 1 saturated carbocycles. The smallest absolute Gasteiger partial charge is 0.230 e. The van der Waals surface area contributed by atoms with Crippen LogP contribution in [0.5, 0.6) is 0 Å². The van der Waals surface area contributed by atoms with Crippen LogP contribution in [0.15, 0.2) is 35.2 Å². The van der Waals surface area contributed by atoms with Crippen molar-refractivity contribution in [2.24, 2.45) is 7.05 Å². The molecule has 1 aliphatic rings. The molecule has 124 valence electrons. The monoisotopic (exact) mass is 346 g/mol. The number of halogens is 2. The lowest BCUT2D eigenvalue weighted by Gasteiger charge is -2.34. The van der Waals surface area contributed by atoms with E-state index in [1.165, 1.54) is 6.07 Å². The Labute approximate surface area is 143 Å². The Kier molecular flexibility index (Phi) is 3.84. The van der Waals surface area contributed by atoms with Gasteiger partial charge in [0.2, 0.25) is 5.89 Å². The first-order valence-corrected chi connectivity index (χ1v) is 8.22. The molecule has 2 unspecified atom stereocenters. The molecular weight excluding hydrogens is 331 g/mol. The van der Waals surface area contributed by atoms with Crippen molar-refractivity contribution in [1.29, 1.82) is 0 Å². The third-order valence-corrected chi connectivity index (χ3v) is 4.93. The van der Waals surface area contributed by atoms with Crippen LogP contribution in [0.1, 0.15) is 47.6 Å². The quantitative estimate of drug-likeness (QED) is 0.720. The third-order valence-electron chi connectivity index (χ3n) is 4.69. The van der Waals surface area contributed by atoms with E-state index in [2.05, 4.69) is 15.1 Å². The predicted molar refractivity (Wildman–Crippen MR) is 86.4 cm³/mol. The van der Waals surface area contributed by atoms with E-state index in [1.54, 1.807) is 24.7 Å². The number of hydrogen-bond donors (Lipinski definition) is 0. The molecule has 0 saturated heterocycles. The highest BCUT2D eigenvalue weighted by atomic mass is 35.5. The van der Waals surface area contributed by atoms with Crippen LogP contribution in [0.3, 0.4) is 0 Å². The van der Waals surface area contributed by atoms with Crippen LogP contribution in [0.2, 0.25) is 5.02 Å². The van der Waals surface area contributed by atoms with Crippen molar-refractivity contribution in [1.82, 2.24) is 19.7 Å². The number of nitrogens with zero attached hydrogens (tertiary/aromatic N) is 4. The van der Waals surface area contributed by atoms with Gasteiger partial charge in [0.05, 0.1) is 12.7 Å². The molecule has 7 heteroatoms. The molecule has 0 aliphatic heterocycles. The first-order valence-electron chi connectivity index (χ1n) is 7.84. The van der Waals surface area contributed by atoms with Gasteiger partial charge >= 0.3 is 0 Å². The maximum atomic E-state index is 14.2. The van der Waals surface area contributed by atoms with E-state index < -0.39 is 0 Å². The lowest BCUT2D eigenvalue weighted by Crippen LogP contribution is -2.23. The molecule has 3 aromatic rings. The molecule has 24 heavy (non-hydrogen) atoms. The Morgan fingerprint density at radius 3 is 2.83 bits per heavy atom. The summed E-state index contributed by atoms with van der Waals surface area (Å²) in [5.74, 6) is 1.06. The van der Waals surface area contributed by atoms with Crippen molar-refractivity contribution in [3.05, 3.63) is 64.5 Å². The molecule has 2 atom stereocenters. The van der Waals surface area contributed by atoms with Gasteiger partial charge in [-0.2, -0.15) is 4.98 Å². The van der Waals surface area contributed by atoms with E-state index in [0.29, 0.717) is 28.7 Å². The number of rotatable bonds is 4. The summed E-state index contributed by atoms with van der Waals surface area (Å²) >= 11 is 5.83. The van der Waals surface area contributed by atoms with Crippen molar-refractivity contribution in [3.63, 3.8) is 0 Å². The second kappa shape index (κ2) is 6.02. The van der Waals surface area contributed by atoms with Gasteiger partial charge in [0.15, 0.2) is 5.82 Å². The van der Waals surface area contributed by atoms with E-state index in [4.69, 9.17) is 16.1 Å². The lowest BCUT2D eigenvalue weighted by molar-refractivity contribution is 0.253. The van der Waals surface area contributed by atoms with Gasteiger partial charge in [-0.05, 0) is 36.5 Å². The molecular formula is C17H16ClFN4O. The topological polar surface area (TPSA) is 56.7 Å². The number of benzene rings is 1. The molecule has 2 heterocycles. The zero-order chi connectivity index (χ0) is 16.7. The summed E-state index contributed by atoms with van der Waals surface area (Å²) in [6, 6.07) is 4.83. The fourth-order valence-electron chi connectivity index (χ4n) is 3.18. The van der Waals surface area contributed by atoms with Gasteiger partial charge in [-0.15, -0.1) is 0 Å². The van der Waals surface area contributed by atoms with Crippen LogP contribution in [0.25, 0.3) is 0 Å². The van der Waals surface area contributed by atoms with Crippen LogP contribution in [-0.2, 0) is 13.5 Å². The van der Waals surface area contributed by atoms with Gasteiger partial charge in [0.25, 0.3) is 0 Å². The second-order valence-corrected chi connectivity index (χ2v) is 6.61. The summed E-state index contributed by atoms with van der Waals surface area (Å²) in [6.07, 6.45) is 5.91. The van der Waals surface area contributed by atoms with Gasteiger partial charge in [-0.3, -0.25) is 0 Å². The predicted octanol–water partition coefficient (Wildman–Crippen LogP) is 3.85. The summed E-state index contributed by atoms with van der Waals surface area (Å²) in [7, 11) is 1.93. The van der Waals surface area contributed by atoms with Crippen molar-refractivity contribution in [2.75, 3.05) is 0 Å². The number of aromatic nitrogens is 4. The normalized spacial score (nSPS) is 20.1. The van der Waals surface area contributed by atoms with Crippen molar-refractivity contribution >= 4 is 11.6 Å². The molecule has 1 aliphatic carbocycles. The minimum Gasteiger partial charge on any atom is -0.339 e. The molecule has 0 spiro atoms. The largest absolute Gasteiger partial charge is 0.339 e. The molecule has 0 N–H and O–H groups in total. The number of hydrogen-bond acceptors (Lipinski definition) is 4. The highest BCUT2D eigenvalue weighted by molar-refractivity contribution is 6.30. The molecule has 0 radical (unpaired) electrons. The van der Waals surface area contributed by atoms with Gasteiger partial charge in [0.1, 0.15) is 5.82 Å². The van der Waals surface area contributed by atoms with Crippen molar-refractivity contribution < 1.29 is 8.91 Å². The minimum atomic E-state index is -0.271. The maximum Gasteiger partial charge on any atom is 0.230 e. The minimum absolute atomic E-state index is 0.0623. The first-order chi connectivity index (χ1) is 11.6. The summed E-state index contributed by atoms with van der Waals surface area (Å²) < 4.78 is 21.5. The third kappa shape index (κ3) is 2.71. The number of imidazole rings is 1. The Balaban J connectivity index is 1.53. The fraction of sp³-hybridized carbons (Fsp3) is 0.353. The molecule has 0 bridgehead atoms. The van der Waals surface area contributed by atoms with Crippen LogP contribution in [-0.4, -0.2) is 19.7 Å². The average Bonchev–Trinajstić information content (AvgIpc) is 3.11. The Morgan fingerprint density at radius 1 is 1.33 bits per heavy atom. The molecule has 1 aromatic carbocycles. The van der Waals surface area contributed by atoms with E-state index >= 15 is 0 Å². The zero-order valence-electron chi connectivity index (χ0n) is 13.1. The Morgan fingerprint density at radius 2 is 2.17 bits per heavy atom. The summed E-state index contributed by atoms with van der Waals surface area (Å²) in [4.78, 5) is 8.58. The summed E-state index contributed by atoms with van der Waals surface area (Å²) in [5.41, 5.74) is 1.68. The van der Waals surface area contributed by atoms with Crippen molar-refractivity contribution in [2.45, 2.75) is 31.1 Å². The van der Waals surface area contributed by atoms with E-state index in [9.17, 15) is 4.39 Å². The Bertz CT molecular complexity index is 875. The van der Waals surface area contributed by atoms with Crippen LogP contribution in [0, 0.1) is 5.82 Å². The average molecular weight is 347 g/mol. The lowest BCUT2D eigenvalue weighted by atomic mass is 9.70. The van der Waals surface area contributed by atoms with Gasteiger partial charge in [0, 0.05) is 29.9 Å². The highest BCUT2D eigenvalue weighted by Gasteiger charge is 2.38. The molecule has 5 nitrogen and oxygen atoms in total. The van der Waals surface area contributed by atoms with Gasteiger partial charge in [-0.25, -0.2) is 9.37 Å². The first kappa shape index (κ1) is 15.3. The van der Waals surface area contributed by atoms with E-state index in [-0.39, 0.29) is 17.7 Å². The molecule has 0 amide bonds. The van der Waals surface area contributed by atoms with E-state index in [0.717, 1.165) is 18.5 Å². The standard InChI is InChI=1S/C17H16ClFN4O/c1-23-9-20-8-11(23)7-16-21-17(24-22-16)14-5-4-12(14)13-3-2-10(18)6-15(13)19/h2-3,6,8-9,12,14H,4-5,7H2,1H3. The van der Waals surface area contributed by atoms with E-state index in [1.807, 2.05) is 11.6 Å².